The third-order valence-corrected chi connectivity index (χ3v) is 4.72. The number of hydrogen-bond acceptors (Lipinski definition) is 2. The molecule has 1 saturated carbocycles. The summed E-state index contributed by atoms with van der Waals surface area (Å²) in [5, 5.41) is 0. The second-order valence-corrected chi connectivity index (χ2v) is 6.90. The quantitative estimate of drug-likeness (QED) is 0.697. The number of hydrogen-bond donors (Lipinski definition) is 0. The average molecular weight is 237 g/mol. The zero-order valence-corrected chi connectivity index (χ0v) is 11.7. The number of piperidine rings is 1. The van der Waals surface area contributed by atoms with E-state index in [4.69, 9.17) is 0 Å². The van der Waals surface area contributed by atoms with Crippen molar-refractivity contribution in [1.82, 2.24) is 4.90 Å². The lowest BCUT2D eigenvalue weighted by Crippen LogP contribution is -2.48. The normalized spacial score (nSPS) is 29.6. The van der Waals surface area contributed by atoms with Crippen molar-refractivity contribution in [3.05, 3.63) is 0 Å². The molecule has 0 radical (unpaired) electrons. The maximum absolute atomic E-state index is 11.9. The third kappa shape index (κ3) is 3.09. The number of rotatable bonds is 1. The predicted octanol–water partition coefficient (Wildman–Crippen LogP) is 3.26. The first-order valence-electron chi connectivity index (χ1n) is 7.25. The molecule has 2 heteroatoms. The molecule has 98 valence electrons. The van der Waals surface area contributed by atoms with E-state index >= 15 is 0 Å². The van der Waals surface area contributed by atoms with Gasteiger partial charge in [-0.15, -0.1) is 0 Å². The SMILES string of the molecule is CC(C)(C)C1CCN(C2CCCCC2=O)CC1. The lowest BCUT2D eigenvalue weighted by molar-refractivity contribution is -0.127. The standard InChI is InChI=1S/C15H27NO/c1-15(2,3)12-8-10-16(11-9-12)13-6-4-5-7-14(13)17/h12-13H,4-11H2,1-3H3. The van der Waals surface area contributed by atoms with Crippen molar-refractivity contribution < 1.29 is 4.79 Å². The highest BCUT2D eigenvalue weighted by Gasteiger charge is 2.34. The fraction of sp³-hybridized carbons (Fsp3) is 0.933. The number of Topliss-reactive ketones (excluding diaryl/α,β-unsaturated/α-hetero) is 1. The fourth-order valence-corrected chi connectivity index (χ4v) is 3.43. The van der Waals surface area contributed by atoms with Crippen LogP contribution in [0.3, 0.4) is 0 Å². The summed E-state index contributed by atoms with van der Waals surface area (Å²) in [6.45, 7) is 9.31. The van der Waals surface area contributed by atoms with Crippen LogP contribution in [0.5, 0.6) is 0 Å². The molecule has 1 saturated heterocycles. The Morgan fingerprint density at radius 3 is 2.24 bits per heavy atom. The highest BCUT2D eigenvalue weighted by atomic mass is 16.1. The van der Waals surface area contributed by atoms with E-state index in [0.717, 1.165) is 38.3 Å². The lowest BCUT2D eigenvalue weighted by Gasteiger charge is -2.42. The number of carbonyl (C=O) groups is 1. The molecule has 1 atom stereocenters. The van der Waals surface area contributed by atoms with Crippen molar-refractivity contribution in [3.63, 3.8) is 0 Å². The first kappa shape index (κ1) is 13.1. The Hall–Kier alpha value is -0.370. The zero-order valence-electron chi connectivity index (χ0n) is 11.7. The molecule has 2 nitrogen and oxygen atoms in total. The van der Waals surface area contributed by atoms with Crippen LogP contribution in [0.2, 0.25) is 0 Å². The van der Waals surface area contributed by atoms with Crippen LogP contribution in [0.15, 0.2) is 0 Å². The van der Waals surface area contributed by atoms with Gasteiger partial charge in [-0.25, -0.2) is 0 Å². The fourth-order valence-electron chi connectivity index (χ4n) is 3.43. The van der Waals surface area contributed by atoms with Crippen LogP contribution in [0.25, 0.3) is 0 Å². The Labute approximate surface area is 106 Å². The van der Waals surface area contributed by atoms with E-state index in [1.807, 2.05) is 0 Å². The summed E-state index contributed by atoms with van der Waals surface area (Å²) in [5.41, 5.74) is 0.433. The van der Waals surface area contributed by atoms with Gasteiger partial charge in [0.05, 0.1) is 6.04 Å². The van der Waals surface area contributed by atoms with Crippen molar-refractivity contribution in [1.29, 1.82) is 0 Å². The van der Waals surface area contributed by atoms with Gasteiger partial charge in [-0.2, -0.15) is 0 Å². The van der Waals surface area contributed by atoms with E-state index in [9.17, 15) is 4.79 Å². The number of likely N-dealkylation sites (tertiary alicyclic amines) is 1. The highest BCUT2D eigenvalue weighted by Crippen LogP contribution is 2.35. The van der Waals surface area contributed by atoms with Gasteiger partial charge in [0.25, 0.3) is 0 Å². The molecule has 1 aliphatic heterocycles. The molecule has 1 heterocycles. The molecule has 0 spiro atoms. The Kier molecular flexibility index (Phi) is 3.92. The minimum atomic E-state index is 0.268. The molecule has 0 aromatic carbocycles. The van der Waals surface area contributed by atoms with Gasteiger partial charge < -0.3 is 0 Å². The van der Waals surface area contributed by atoms with E-state index in [2.05, 4.69) is 25.7 Å². The lowest BCUT2D eigenvalue weighted by atomic mass is 9.75. The molecular weight excluding hydrogens is 210 g/mol. The average Bonchev–Trinajstić information content (AvgIpc) is 2.29. The molecule has 2 fully saturated rings. The van der Waals surface area contributed by atoms with Crippen LogP contribution in [0, 0.1) is 11.3 Å². The Balaban J connectivity index is 1.88. The van der Waals surface area contributed by atoms with Crippen LogP contribution < -0.4 is 0 Å². The Morgan fingerprint density at radius 1 is 1.06 bits per heavy atom. The van der Waals surface area contributed by atoms with Gasteiger partial charge in [-0.3, -0.25) is 9.69 Å². The molecule has 1 unspecified atom stereocenters. The number of ketones is 1. The van der Waals surface area contributed by atoms with E-state index in [1.165, 1.54) is 19.3 Å². The van der Waals surface area contributed by atoms with Crippen molar-refractivity contribution in [3.8, 4) is 0 Å². The first-order chi connectivity index (χ1) is 7.98. The predicted molar refractivity (Wildman–Crippen MR) is 71.0 cm³/mol. The molecule has 2 rings (SSSR count). The summed E-state index contributed by atoms with van der Waals surface area (Å²) in [7, 11) is 0. The minimum Gasteiger partial charge on any atom is -0.298 e. The molecular formula is C15H27NO. The molecule has 17 heavy (non-hydrogen) atoms. The van der Waals surface area contributed by atoms with Gasteiger partial charge in [0.2, 0.25) is 0 Å². The van der Waals surface area contributed by atoms with Gasteiger partial charge in [0.1, 0.15) is 5.78 Å². The summed E-state index contributed by atoms with van der Waals surface area (Å²) in [6, 6.07) is 0.268. The maximum atomic E-state index is 11.9. The Morgan fingerprint density at radius 2 is 1.71 bits per heavy atom. The van der Waals surface area contributed by atoms with Crippen LogP contribution in [-0.4, -0.2) is 29.8 Å². The molecule has 0 N–H and O–H groups in total. The molecule has 0 aromatic rings. The summed E-state index contributed by atoms with van der Waals surface area (Å²) in [5.74, 6) is 1.34. The van der Waals surface area contributed by atoms with Gasteiger partial charge in [-0.05, 0) is 50.1 Å². The molecule has 0 bridgehead atoms. The van der Waals surface area contributed by atoms with Crippen molar-refractivity contribution >= 4 is 5.78 Å². The van der Waals surface area contributed by atoms with Crippen molar-refractivity contribution in [2.75, 3.05) is 13.1 Å². The summed E-state index contributed by atoms with van der Waals surface area (Å²) < 4.78 is 0. The molecule has 0 amide bonds. The highest BCUT2D eigenvalue weighted by molar-refractivity contribution is 5.84. The summed E-state index contributed by atoms with van der Waals surface area (Å²) in [4.78, 5) is 14.4. The monoisotopic (exact) mass is 237 g/mol. The van der Waals surface area contributed by atoms with Crippen LogP contribution >= 0.6 is 0 Å². The van der Waals surface area contributed by atoms with Crippen LogP contribution in [0.1, 0.15) is 59.3 Å². The molecule has 2 aliphatic rings. The van der Waals surface area contributed by atoms with Crippen LogP contribution in [-0.2, 0) is 4.79 Å². The van der Waals surface area contributed by atoms with E-state index in [-0.39, 0.29) is 6.04 Å². The van der Waals surface area contributed by atoms with Crippen molar-refractivity contribution in [2.24, 2.45) is 11.3 Å². The second kappa shape index (κ2) is 5.09. The zero-order chi connectivity index (χ0) is 12.5. The number of carbonyl (C=O) groups excluding carboxylic acids is 1. The van der Waals surface area contributed by atoms with Gasteiger partial charge in [-0.1, -0.05) is 27.2 Å². The molecule has 1 aliphatic carbocycles. The van der Waals surface area contributed by atoms with Gasteiger partial charge >= 0.3 is 0 Å². The third-order valence-electron chi connectivity index (χ3n) is 4.72. The van der Waals surface area contributed by atoms with Crippen LogP contribution in [0.4, 0.5) is 0 Å². The largest absolute Gasteiger partial charge is 0.298 e. The van der Waals surface area contributed by atoms with Gasteiger partial charge in [0, 0.05) is 6.42 Å². The first-order valence-corrected chi connectivity index (χ1v) is 7.25. The second-order valence-electron chi connectivity index (χ2n) is 6.90. The molecule has 0 aromatic heterocycles. The summed E-state index contributed by atoms with van der Waals surface area (Å²) in [6.07, 6.45) is 6.84. The Bertz CT molecular complexity index is 271. The van der Waals surface area contributed by atoms with E-state index in [1.54, 1.807) is 0 Å². The minimum absolute atomic E-state index is 0.268. The number of nitrogens with zero attached hydrogens (tertiary/aromatic N) is 1. The van der Waals surface area contributed by atoms with Gasteiger partial charge in [0.15, 0.2) is 0 Å². The van der Waals surface area contributed by atoms with Crippen molar-refractivity contribution in [2.45, 2.75) is 65.3 Å². The smallest absolute Gasteiger partial charge is 0.149 e. The topological polar surface area (TPSA) is 20.3 Å². The van der Waals surface area contributed by atoms with E-state index in [0.29, 0.717) is 11.2 Å². The summed E-state index contributed by atoms with van der Waals surface area (Å²) >= 11 is 0. The van der Waals surface area contributed by atoms with E-state index < -0.39 is 0 Å². The maximum Gasteiger partial charge on any atom is 0.149 e.